The number of aromatic nitrogens is 3. The van der Waals surface area contributed by atoms with Gasteiger partial charge in [0.25, 0.3) is 0 Å². The highest BCUT2D eigenvalue weighted by Gasteiger charge is 2.24. The van der Waals surface area contributed by atoms with Gasteiger partial charge < -0.3 is 25.2 Å². The van der Waals surface area contributed by atoms with Crippen molar-refractivity contribution < 1.29 is 14.3 Å². The summed E-state index contributed by atoms with van der Waals surface area (Å²) < 4.78 is 5.46. The van der Waals surface area contributed by atoms with Gasteiger partial charge in [-0.25, -0.2) is 9.97 Å². The van der Waals surface area contributed by atoms with Gasteiger partial charge in [0.05, 0.1) is 12.2 Å². The molecule has 5 rings (SSSR count). The standard InChI is InChI=1S/C26H31N7O3/c1-18(34)29-17-25(35)32-8-10-33(11-9-32)26-22-3-6-27-16-20(22)14-23(31-26)19-2-7-28-24(15-19)30-21-4-12-36-13-5-21/h2-3,6-7,14-16,21H,4-5,8-13,17H2,1H3,(H,28,30)(H,29,34). The van der Waals surface area contributed by atoms with E-state index in [9.17, 15) is 9.59 Å². The molecule has 0 bridgehead atoms. The molecule has 10 nitrogen and oxygen atoms in total. The number of carbonyl (C=O) groups excluding carboxylic acids is 2. The zero-order valence-corrected chi connectivity index (χ0v) is 20.4. The van der Waals surface area contributed by atoms with E-state index in [4.69, 9.17) is 9.72 Å². The third kappa shape index (κ3) is 5.54. The molecule has 2 aliphatic rings. The smallest absolute Gasteiger partial charge is 0.242 e. The SMILES string of the molecule is CC(=O)NCC(=O)N1CCN(c2nc(-c3ccnc(NC4CCOCC4)c3)cc3cnccc23)CC1. The van der Waals surface area contributed by atoms with Crippen LogP contribution in [-0.2, 0) is 14.3 Å². The second-order valence-electron chi connectivity index (χ2n) is 9.17. The maximum absolute atomic E-state index is 12.4. The van der Waals surface area contributed by atoms with Crippen LogP contribution in [0.3, 0.4) is 0 Å². The van der Waals surface area contributed by atoms with Gasteiger partial charge in [-0.1, -0.05) is 0 Å². The number of hydrogen-bond acceptors (Lipinski definition) is 8. The zero-order chi connectivity index (χ0) is 24.9. The van der Waals surface area contributed by atoms with Gasteiger partial charge in [-0.05, 0) is 37.1 Å². The summed E-state index contributed by atoms with van der Waals surface area (Å²) in [5.41, 5.74) is 1.84. The lowest BCUT2D eigenvalue weighted by Gasteiger charge is -2.36. The fourth-order valence-corrected chi connectivity index (χ4v) is 4.67. The van der Waals surface area contributed by atoms with E-state index >= 15 is 0 Å². The van der Waals surface area contributed by atoms with Crippen LogP contribution in [0, 0.1) is 0 Å². The van der Waals surface area contributed by atoms with Crippen molar-refractivity contribution in [2.24, 2.45) is 0 Å². The number of hydrogen-bond donors (Lipinski definition) is 2. The Morgan fingerprint density at radius 3 is 2.67 bits per heavy atom. The van der Waals surface area contributed by atoms with Crippen LogP contribution in [0.1, 0.15) is 19.8 Å². The quantitative estimate of drug-likeness (QED) is 0.541. The summed E-state index contributed by atoms with van der Waals surface area (Å²) in [7, 11) is 0. The number of piperazine rings is 1. The molecule has 0 aromatic carbocycles. The van der Waals surface area contributed by atoms with Crippen LogP contribution in [0.4, 0.5) is 11.6 Å². The number of carbonyl (C=O) groups is 2. The van der Waals surface area contributed by atoms with E-state index in [1.807, 2.05) is 30.6 Å². The average molecular weight is 490 g/mol. The molecule has 0 aliphatic carbocycles. The summed E-state index contributed by atoms with van der Waals surface area (Å²) in [6.45, 7) is 5.45. The third-order valence-corrected chi connectivity index (χ3v) is 6.66. The van der Waals surface area contributed by atoms with Crippen molar-refractivity contribution in [2.45, 2.75) is 25.8 Å². The number of nitrogens with one attached hydrogen (secondary N) is 2. The lowest BCUT2D eigenvalue weighted by atomic mass is 10.1. The van der Waals surface area contributed by atoms with Crippen LogP contribution in [0.15, 0.2) is 42.9 Å². The Labute approximate surface area is 210 Å². The average Bonchev–Trinajstić information content (AvgIpc) is 2.92. The molecule has 188 valence electrons. The number of amides is 2. The summed E-state index contributed by atoms with van der Waals surface area (Å²) in [6, 6.07) is 8.42. The monoisotopic (exact) mass is 489 g/mol. The van der Waals surface area contributed by atoms with E-state index in [-0.39, 0.29) is 18.4 Å². The Bertz CT molecular complexity index is 1240. The lowest BCUT2D eigenvalue weighted by molar-refractivity contribution is -0.132. The molecule has 2 fully saturated rings. The van der Waals surface area contributed by atoms with Gasteiger partial charge in [-0.2, -0.15) is 0 Å². The summed E-state index contributed by atoms with van der Waals surface area (Å²) >= 11 is 0. The second-order valence-corrected chi connectivity index (χ2v) is 9.17. The highest BCUT2D eigenvalue weighted by atomic mass is 16.5. The number of pyridine rings is 3. The molecule has 0 unspecified atom stereocenters. The van der Waals surface area contributed by atoms with Crippen molar-refractivity contribution in [3.05, 3.63) is 42.9 Å². The van der Waals surface area contributed by atoms with Gasteiger partial charge >= 0.3 is 0 Å². The van der Waals surface area contributed by atoms with Gasteiger partial charge in [0.15, 0.2) is 0 Å². The van der Waals surface area contributed by atoms with E-state index in [1.165, 1.54) is 6.92 Å². The molecule has 2 amide bonds. The number of fused-ring (bicyclic) bond motifs is 1. The van der Waals surface area contributed by atoms with Crippen LogP contribution in [0.25, 0.3) is 22.0 Å². The largest absolute Gasteiger partial charge is 0.381 e. The molecule has 0 atom stereocenters. The first-order valence-corrected chi connectivity index (χ1v) is 12.4. The fourth-order valence-electron chi connectivity index (χ4n) is 4.67. The third-order valence-electron chi connectivity index (χ3n) is 6.66. The molecule has 3 aromatic heterocycles. The number of nitrogens with zero attached hydrogens (tertiary/aromatic N) is 5. The van der Waals surface area contributed by atoms with Gasteiger partial charge in [0, 0.05) is 87.3 Å². The molecule has 3 aromatic rings. The highest BCUT2D eigenvalue weighted by molar-refractivity contribution is 5.94. The molecule has 2 aliphatic heterocycles. The number of rotatable bonds is 6. The molecular formula is C26H31N7O3. The molecule has 5 heterocycles. The lowest BCUT2D eigenvalue weighted by Crippen LogP contribution is -2.51. The molecule has 2 N–H and O–H groups in total. The summed E-state index contributed by atoms with van der Waals surface area (Å²) in [5, 5.41) is 8.16. The van der Waals surface area contributed by atoms with Crippen molar-refractivity contribution in [3.8, 4) is 11.3 Å². The van der Waals surface area contributed by atoms with Gasteiger partial charge in [0.2, 0.25) is 11.8 Å². The predicted octanol–water partition coefficient (Wildman–Crippen LogP) is 2.07. The molecule has 0 radical (unpaired) electrons. The molecule has 0 spiro atoms. The van der Waals surface area contributed by atoms with Crippen LogP contribution in [0.5, 0.6) is 0 Å². The fraction of sp³-hybridized carbons (Fsp3) is 0.423. The second kappa shape index (κ2) is 10.9. The van der Waals surface area contributed by atoms with Crippen molar-refractivity contribution in [2.75, 3.05) is 56.2 Å². The summed E-state index contributed by atoms with van der Waals surface area (Å²) in [4.78, 5) is 41.5. The number of anilines is 2. The zero-order valence-electron chi connectivity index (χ0n) is 20.4. The maximum Gasteiger partial charge on any atom is 0.242 e. The van der Waals surface area contributed by atoms with Crippen molar-refractivity contribution >= 4 is 34.2 Å². The Hall–Kier alpha value is -3.79. The maximum atomic E-state index is 12.4. The van der Waals surface area contributed by atoms with Crippen LogP contribution in [0.2, 0.25) is 0 Å². The first kappa shape index (κ1) is 23.9. The normalized spacial score (nSPS) is 16.7. The van der Waals surface area contributed by atoms with E-state index in [0.717, 1.165) is 59.7 Å². The van der Waals surface area contributed by atoms with Gasteiger partial charge in [-0.15, -0.1) is 0 Å². The Kier molecular flexibility index (Phi) is 7.22. The minimum atomic E-state index is -0.203. The Morgan fingerprint density at radius 1 is 1.08 bits per heavy atom. The van der Waals surface area contributed by atoms with Gasteiger partial charge in [-0.3, -0.25) is 14.6 Å². The first-order valence-electron chi connectivity index (χ1n) is 12.4. The number of ether oxygens (including phenoxy) is 1. The van der Waals surface area contributed by atoms with Crippen molar-refractivity contribution in [1.82, 2.24) is 25.2 Å². The molecular weight excluding hydrogens is 458 g/mol. The van der Waals surface area contributed by atoms with Crippen molar-refractivity contribution in [1.29, 1.82) is 0 Å². The van der Waals surface area contributed by atoms with Gasteiger partial charge in [0.1, 0.15) is 11.6 Å². The van der Waals surface area contributed by atoms with Crippen LogP contribution < -0.4 is 15.5 Å². The van der Waals surface area contributed by atoms with Crippen LogP contribution in [-0.4, -0.2) is 83.6 Å². The van der Waals surface area contributed by atoms with E-state index < -0.39 is 0 Å². The van der Waals surface area contributed by atoms with Crippen LogP contribution >= 0.6 is 0 Å². The minimum absolute atomic E-state index is 0.0317. The summed E-state index contributed by atoms with van der Waals surface area (Å²) in [5.74, 6) is 1.45. The van der Waals surface area contributed by atoms with Crippen molar-refractivity contribution in [3.63, 3.8) is 0 Å². The van der Waals surface area contributed by atoms with E-state index in [2.05, 4.69) is 31.6 Å². The van der Waals surface area contributed by atoms with E-state index in [1.54, 1.807) is 11.1 Å². The van der Waals surface area contributed by atoms with E-state index in [0.29, 0.717) is 32.2 Å². The topological polar surface area (TPSA) is 113 Å². The molecule has 10 heteroatoms. The minimum Gasteiger partial charge on any atom is -0.381 e. The highest BCUT2D eigenvalue weighted by Crippen LogP contribution is 2.31. The Morgan fingerprint density at radius 2 is 1.89 bits per heavy atom. The first-order chi connectivity index (χ1) is 17.6. The predicted molar refractivity (Wildman–Crippen MR) is 138 cm³/mol. The molecule has 0 saturated carbocycles. The Balaban J connectivity index is 1.37. The summed E-state index contributed by atoms with van der Waals surface area (Å²) in [6.07, 6.45) is 7.39. The molecule has 36 heavy (non-hydrogen) atoms. The molecule has 2 saturated heterocycles.